The highest BCUT2D eigenvalue weighted by atomic mass is 19.1. The van der Waals surface area contributed by atoms with Crippen LogP contribution in [0.4, 0.5) is 4.39 Å². The van der Waals surface area contributed by atoms with Gasteiger partial charge in [-0.3, -0.25) is 4.90 Å². The highest BCUT2D eigenvalue weighted by Gasteiger charge is 2.30. The molecule has 2 saturated heterocycles. The lowest BCUT2D eigenvalue weighted by Crippen LogP contribution is -2.50. The van der Waals surface area contributed by atoms with Crippen LogP contribution >= 0.6 is 0 Å². The van der Waals surface area contributed by atoms with E-state index in [4.69, 9.17) is 0 Å². The quantitative estimate of drug-likeness (QED) is 0.913. The van der Waals surface area contributed by atoms with E-state index < -0.39 is 6.10 Å². The van der Waals surface area contributed by atoms with Gasteiger partial charge in [-0.05, 0) is 31.9 Å². The lowest BCUT2D eigenvalue weighted by atomic mass is 10.1. The second kappa shape index (κ2) is 6.20. The van der Waals surface area contributed by atoms with Crippen molar-refractivity contribution in [3.8, 4) is 0 Å². The number of hydrogen-bond donors (Lipinski definition) is 1. The summed E-state index contributed by atoms with van der Waals surface area (Å²) in [4.78, 5) is 4.99. The van der Waals surface area contributed by atoms with Crippen molar-refractivity contribution < 1.29 is 9.50 Å². The molecule has 3 nitrogen and oxygen atoms in total. The van der Waals surface area contributed by atoms with Crippen molar-refractivity contribution in [3.63, 3.8) is 0 Å². The Balaban J connectivity index is 1.51. The molecule has 1 aromatic rings. The van der Waals surface area contributed by atoms with E-state index in [-0.39, 0.29) is 5.82 Å². The molecular weight excluding hydrogens is 255 g/mol. The number of halogens is 1. The Morgan fingerprint density at radius 1 is 1.25 bits per heavy atom. The van der Waals surface area contributed by atoms with Crippen LogP contribution in [-0.4, -0.2) is 53.7 Å². The summed E-state index contributed by atoms with van der Waals surface area (Å²) in [5.41, 5.74) is 0.423. The zero-order valence-corrected chi connectivity index (χ0v) is 11.8. The number of aliphatic hydroxyl groups is 1. The van der Waals surface area contributed by atoms with Gasteiger partial charge in [0.05, 0.1) is 6.10 Å². The third kappa shape index (κ3) is 3.03. The molecule has 2 aliphatic rings. The van der Waals surface area contributed by atoms with Gasteiger partial charge in [0.25, 0.3) is 0 Å². The molecule has 20 heavy (non-hydrogen) atoms. The van der Waals surface area contributed by atoms with E-state index in [9.17, 15) is 9.50 Å². The summed E-state index contributed by atoms with van der Waals surface area (Å²) in [5, 5.41) is 10.1. The Morgan fingerprint density at radius 3 is 2.95 bits per heavy atom. The first-order chi connectivity index (χ1) is 9.74. The number of nitrogens with zero attached hydrogens (tertiary/aromatic N) is 2. The molecule has 1 aromatic carbocycles. The fraction of sp³-hybridized carbons (Fsp3) is 0.625. The normalized spacial score (nSPS) is 25.6. The van der Waals surface area contributed by atoms with Crippen LogP contribution in [0.15, 0.2) is 24.3 Å². The van der Waals surface area contributed by atoms with Crippen LogP contribution in [0.25, 0.3) is 0 Å². The van der Waals surface area contributed by atoms with E-state index in [1.807, 2.05) is 0 Å². The average Bonchev–Trinajstić information content (AvgIpc) is 2.92. The standard InChI is InChI=1S/C16H23FN2O/c17-15-6-2-1-5-14(15)16(20)7-9-18-10-11-19-8-3-4-13(19)12-18/h1-2,5-6,13,16,20H,3-4,7-12H2. The summed E-state index contributed by atoms with van der Waals surface area (Å²) in [7, 11) is 0. The molecule has 2 unspecified atom stereocenters. The largest absolute Gasteiger partial charge is 0.388 e. The van der Waals surface area contributed by atoms with Crippen LogP contribution in [-0.2, 0) is 0 Å². The maximum absolute atomic E-state index is 13.6. The number of benzene rings is 1. The SMILES string of the molecule is OC(CCN1CCN2CCCC2C1)c1ccccc1F. The Kier molecular flexibility index (Phi) is 4.34. The van der Waals surface area contributed by atoms with Gasteiger partial charge in [0, 0.05) is 37.8 Å². The minimum atomic E-state index is -0.696. The second-order valence-corrected chi connectivity index (χ2v) is 5.96. The zero-order chi connectivity index (χ0) is 13.9. The van der Waals surface area contributed by atoms with Crippen LogP contribution in [0.5, 0.6) is 0 Å². The van der Waals surface area contributed by atoms with E-state index in [2.05, 4.69) is 9.80 Å². The van der Waals surface area contributed by atoms with Gasteiger partial charge in [0.1, 0.15) is 5.82 Å². The molecule has 0 radical (unpaired) electrons. The molecule has 2 atom stereocenters. The number of rotatable bonds is 4. The Hall–Kier alpha value is -0.970. The van der Waals surface area contributed by atoms with Crippen LogP contribution in [0.3, 0.4) is 0 Å². The Bertz CT molecular complexity index is 454. The van der Waals surface area contributed by atoms with Crippen molar-refractivity contribution in [3.05, 3.63) is 35.6 Å². The lowest BCUT2D eigenvalue weighted by Gasteiger charge is -2.37. The van der Waals surface area contributed by atoms with Gasteiger partial charge in [-0.15, -0.1) is 0 Å². The highest BCUT2D eigenvalue weighted by molar-refractivity contribution is 5.19. The van der Waals surface area contributed by atoms with Gasteiger partial charge >= 0.3 is 0 Å². The van der Waals surface area contributed by atoms with Crippen molar-refractivity contribution in [1.82, 2.24) is 9.80 Å². The van der Waals surface area contributed by atoms with Crippen LogP contribution in [0, 0.1) is 5.82 Å². The predicted octanol–water partition coefficient (Wildman–Crippen LogP) is 2.03. The second-order valence-electron chi connectivity index (χ2n) is 5.96. The van der Waals surface area contributed by atoms with Crippen molar-refractivity contribution in [2.45, 2.75) is 31.4 Å². The minimum Gasteiger partial charge on any atom is -0.388 e. The molecule has 1 N–H and O–H groups in total. The summed E-state index contributed by atoms with van der Waals surface area (Å²) in [6.07, 6.45) is 2.52. The molecular formula is C16H23FN2O. The molecule has 0 aromatic heterocycles. The maximum Gasteiger partial charge on any atom is 0.128 e. The number of aliphatic hydroxyl groups excluding tert-OH is 1. The third-order valence-corrected chi connectivity index (χ3v) is 4.65. The zero-order valence-electron chi connectivity index (χ0n) is 11.8. The summed E-state index contributed by atoms with van der Waals surface area (Å²) >= 11 is 0. The molecule has 110 valence electrons. The van der Waals surface area contributed by atoms with Crippen molar-refractivity contribution in [2.75, 3.05) is 32.7 Å². The summed E-state index contributed by atoms with van der Waals surface area (Å²) in [6.45, 7) is 5.40. The molecule has 2 heterocycles. The first kappa shape index (κ1) is 14.0. The molecule has 0 bridgehead atoms. The van der Waals surface area contributed by atoms with Crippen molar-refractivity contribution >= 4 is 0 Å². The van der Waals surface area contributed by atoms with Gasteiger partial charge in [-0.2, -0.15) is 0 Å². The average molecular weight is 278 g/mol. The number of hydrogen-bond acceptors (Lipinski definition) is 3. The van der Waals surface area contributed by atoms with Crippen LogP contribution in [0.1, 0.15) is 30.9 Å². The Labute approximate surface area is 120 Å². The van der Waals surface area contributed by atoms with Crippen LogP contribution < -0.4 is 0 Å². The topological polar surface area (TPSA) is 26.7 Å². The number of fused-ring (bicyclic) bond motifs is 1. The molecule has 0 aliphatic carbocycles. The summed E-state index contributed by atoms with van der Waals surface area (Å²) < 4.78 is 13.6. The monoisotopic (exact) mass is 278 g/mol. The third-order valence-electron chi connectivity index (χ3n) is 4.65. The molecule has 0 spiro atoms. The molecule has 3 rings (SSSR count). The van der Waals surface area contributed by atoms with E-state index in [1.54, 1.807) is 18.2 Å². The maximum atomic E-state index is 13.6. The minimum absolute atomic E-state index is 0.305. The van der Waals surface area contributed by atoms with Gasteiger partial charge in [0.15, 0.2) is 0 Å². The van der Waals surface area contributed by atoms with E-state index in [0.29, 0.717) is 18.0 Å². The molecule has 2 aliphatic heterocycles. The summed E-state index contributed by atoms with van der Waals surface area (Å²) in [5.74, 6) is -0.305. The first-order valence-electron chi connectivity index (χ1n) is 7.63. The molecule has 4 heteroatoms. The van der Waals surface area contributed by atoms with E-state index >= 15 is 0 Å². The fourth-order valence-electron chi connectivity index (χ4n) is 3.46. The van der Waals surface area contributed by atoms with Crippen LogP contribution in [0.2, 0.25) is 0 Å². The van der Waals surface area contributed by atoms with Crippen molar-refractivity contribution in [1.29, 1.82) is 0 Å². The predicted molar refractivity (Wildman–Crippen MR) is 77.0 cm³/mol. The highest BCUT2D eigenvalue weighted by Crippen LogP contribution is 2.24. The molecule has 0 amide bonds. The smallest absolute Gasteiger partial charge is 0.128 e. The van der Waals surface area contributed by atoms with E-state index in [1.165, 1.54) is 25.5 Å². The molecule has 2 fully saturated rings. The summed E-state index contributed by atoms with van der Waals surface area (Å²) in [6, 6.07) is 7.23. The van der Waals surface area contributed by atoms with Gasteiger partial charge in [-0.1, -0.05) is 18.2 Å². The lowest BCUT2D eigenvalue weighted by molar-refractivity contribution is 0.0826. The van der Waals surface area contributed by atoms with Gasteiger partial charge in [-0.25, -0.2) is 4.39 Å². The number of piperazine rings is 1. The fourth-order valence-corrected chi connectivity index (χ4v) is 3.46. The van der Waals surface area contributed by atoms with Gasteiger partial charge < -0.3 is 10.0 Å². The van der Waals surface area contributed by atoms with Crippen molar-refractivity contribution in [2.24, 2.45) is 0 Å². The Morgan fingerprint density at radius 2 is 2.10 bits per heavy atom. The first-order valence-corrected chi connectivity index (χ1v) is 7.63. The van der Waals surface area contributed by atoms with E-state index in [0.717, 1.165) is 26.2 Å². The molecule has 0 saturated carbocycles. The van der Waals surface area contributed by atoms with Gasteiger partial charge in [0.2, 0.25) is 0 Å².